The molecule has 0 bridgehead atoms. The van der Waals surface area contributed by atoms with Gasteiger partial charge in [0.15, 0.2) is 0 Å². The average Bonchev–Trinajstić information content (AvgIpc) is 3.04. The lowest BCUT2D eigenvalue weighted by Gasteiger charge is -2.35. The summed E-state index contributed by atoms with van der Waals surface area (Å²) in [5, 5.41) is 15.7. The Kier molecular flexibility index (Phi) is 3.98. The molecule has 1 saturated heterocycles. The van der Waals surface area contributed by atoms with Crippen LogP contribution in [0.1, 0.15) is 42.0 Å². The Morgan fingerprint density at radius 2 is 2.33 bits per heavy atom. The van der Waals surface area contributed by atoms with E-state index in [2.05, 4.69) is 15.1 Å². The van der Waals surface area contributed by atoms with Gasteiger partial charge in [0.1, 0.15) is 5.82 Å². The number of aromatic nitrogens is 2. The Hall–Kier alpha value is -2.19. The number of hydrogen-bond donors (Lipinski definition) is 1. The third-order valence-corrected chi connectivity index (χ3v) is 4.07. The summed E-state index contributed by atoms with van der Waals surface area (Å²) in [4.78, 5) is 2.29. The maximum absolute atomic E-state index is 14.1. The maximum atomic E-state index is 14.1. The molecule has 4 nitrogen and oxygen atoms in total. The zero-order valence-corrected chi connectivity index (χ0v) is 11.7. The first-order chi connectivity index (χ1) is 10.3. The van der Waals surface area contributed by atoms with Crippen LogP contribution in [0.4, 0.5) is 4.39 Å². The molecule has 1 unspecified atom stereocenters. The van der Waals surface area contributed by atoms with E-state index in [-0.39, 0.29) is 11.9 Å². The van der Waals surface area contributed by atoms with E-state index in [1.165, 1.54) is 12.5 Å². The zero-order chi connectivity index (χ0) is 14.7. The van der Waals surface area contributed by atoms with E-state index < -0.39 is 0 Å². The number of rotatable bonds is 3. The van der Waals surface area contributed by atoms with Crippen molar-refractivity contribution in [1.82, 2.24) is 15.1 Å². The van der Waals surface area contributed by atoms with Crippen molar-refractivity contribution in [3.63, 3.8) is 0 Å². The van der Waals surface area contributed by atoms with Crippen molar-refractivity contribution in [3.8, 4) is 6.07 Å². The minimum absolute atomic E-state index is 0.285. The molecule has 1 aliphatic rings. The molecule has 1 atom stereocenters. The van der Waals surface area contributed by atoms with Crippen LogP contribution in [0.3, 0.4) is 0 Å². The second kappa shape index (κ2) is 6.06. The van der Waals surface area contributed by atoms with Crippen molar-refractivity contribution < 1.29 is 4.39 Å². The van der Waals surface area contributed by atoms with Crippen molar-refractivity contribution >= 4 is 0 Å². The predicted octanol–water partition coefficient (Wildman–Crippen LogP) is 3.15. The number of likely N-dealkylation sites (tertiary alicyclic amines) is 1. The van der Waals surface area contributed by atoms with Gasteiger partial charge in [0.25, 0.3) is 0 Å². The van der Waals surface area contributed by atoms with Crippen LogP contribution in [0.25, 0.3) is 0 Å². The van der Waals surface area contributed by atoms with Crippen LogP contribution >= 0.6 is 0 Å². The molecule has 1 aliphatic heterocycles. The lowest BCUT2D eigenvalue weighted by molar-refractivity contribution is 0.139. The first-order valence-electron chi connectivity index (χ1n) is 7.19. The van der Waals surface area contributed by atoms with Gasteiger partial charge in [-0.1, -0.05) is 12.5 Å². The monoisotopic (exact) mass is 284 g/mol. The van der Waals surface area contributed by atoms with E-state index in [0.717, 1.165) is 24.9 Å². The van der Waals surface area contributed by atoms with Gasteiger partial charge in [-0.15, -0.1) is 0 Å². The Labute approximate surface area is 123 Å². The van der Waals surface area contributed by atoms with E-state index in [9.17, 15) is 4.39 Å². The number of hydrogen-bond acceptors (Lipinski definition) is 3. The van der Waals surface area contributed by atoms with Gasteiger partial charge in [-0.3, -0.25) is 10.00 Å². The van der Waals surface area contributed by atoms with Gasteiger partial charge in [-0.25, -0.2) is 4.39 Å². The molecule has 1 aromatic carbocycles. The van der Waals surface area contributed by atoms with Crippen molar-refractivity contribution in [2.24, 2.45) is 0 Å². The van der Waals surface area contributed by atoms with Crippen LogP contribution in [-0.4, -0.2) is 21.6 Å². The van der Waals surface area contributed by atoms with Crippen LogP contribution in [0.15, 0.2) is 30.6 Å². The third kappa shape index (κ3) is 2.96. The lowest BCUT2D eigenvalue weighted by atomic mass is 9.96. The van der Waals surface area contributed by atoms with Crippen LogP contribution in [0.5, 0.6) is 0 Å². The number of nitrogens with zero attached hydrogens (tertiary/aromatic N) is 3. The summed E-state index contributed by atoms with van der Waals surface area (Å²) in [5.41, 5.74) is 2.16. The molecule has 1 fully saturated rings. The van der Waals surface area contributed by atoms with Crippen molar-refractivity contribution in [1.29, 1.82) is 5.26 Å². The van der Waals surface area contributed by atoms with E-state index in [1.807, 2.05) is 18.5 Å². The Morgan fingerprint density at radius 3 is 3.05 bits per heavy atom. The summed E-state index contributed by atoms with van der Waals surface area (Å²) in [6, 6.07) is 6.95. The van der Waals surface area contributed by atoms with Gasteiger partial charge in [-0.2, -0.15) is 10.4 Å². The molecule has 0 aliphatic carbocycles. The third-order valence-electron chi connectivity index (χ3n) is 4.07. The molecule has 3 rings (SSSR count). The first-order valence-corrected chi connectivity index (χ1v) is 7.19. The summed E-state index contributed by atoms with van der Waals surface area (Å²) >= 11 is 0. The molecule has 2 aromatic rings. The van der Waals surface area contributed by atoms with Gasteiger partial charge >= 0.3 is 0 Å². The molecule has 0 spiro atoms. The minimum atomic E-state index is -0.300. The van der Waals surface area contributed by atoms with Gasteiger partial charge in [0.2, 0.25) is 0 Å². The van der Waals surface area contributed by atoms with Crippen molar-refractivity contribution in [3.05, 3.63) is 53.1 Å². The average molecular weight is 284 g/mol. The molecule has 5 heteroatoms. The molecular formula is C16H17FN4. The summed E-state index contributed by atoms with van der Waals surface area (Å²) in [5.74, 6) is -0.300. The largest absolute Gasteiger partial charge is 0.292 e. The van der Waals surface area contributed by atoms with Gasteiger partial charge in [0.05, 0.1) is 17.8 Å². The summed E-state index contributed by atoms with van der Waals surface area (Å²) in [6.07, 6.45) is 7.14. The molecule has 2 heterocycles. The highest BCUT2D eigenvalue weighted by Crippen LogP contribution is 2.31. The Morgan fingerprint density at radius 1 is 1.43 bits per heavy atom. The number of H-pyrrole nitrogens is 1. The lowest BCUT2D eigenvalue weighted by Crippen LogP contribution is -2.33. The number of nitrogens with one attached hydrogen (secondary N) is 1. The number of piperidine rings is 1. The number of benzene rings is 1. The summed E-state index contributed by atoms with van der Waals surface area (Å²) in [7, 11) is 0. The second-order valence-electron chi connectivity index (χ2n) is 5.43. The fourth-order valence-corrected chi connectivity index (χ4v) is 2.96. The quantitative estimate of drug-likeness (QED) is 0.942. The highest BCUT2D eigenvalue weighted by atomic mass is 19.1. The minimum Gasteiger partial charge on any atom is -0.292 e. The van der Waals surface area contributed by atoms with Gasteiger partial charge < -0.3 is 0 Å². The SMILES string of the molecule is N#Cc1ccc(CN2CCCCC2c2cn[nH]c2)c(F)c1. The molecule has 0 saturated carbocycles. The molecule has 1 N–H and O–H groups in total. The van der Waals surface area contributed by atoms with Crippen molar-refractivity contribution in [2.75, 3.05) is 6.54 Å². The fraction of sp³-hybridized carbons (Fsp3) is 0.375. The highest BCUT2D eigenvalue weighted by Gasteiger charge is 2.25. The van der Waals surface area contributed by atoms with Crippen LogP contribution in [-0.2, 0) is 6.54 Å². The molecule has 21 heavy (non-hydrogen) atoms. The molecule has 0 radical (unpaired) electrons. The Balaban J connectivity index is 1.80. The van der Waals surface area contributed by atoms with E-state index in [4.69, 9.17) is 5.26 Å². The first kappa shape index (κ1) is 13.8. The zero-order valence-electron chi connectivity index (χ0n) is 11.7. The smallest absolute Gasteiger partial charge is 0.129 e. The molecule has 1 aromatic heterocycles. The van der Waals surface area contributed by atoms with Crippen molar-refractivity contribution in [2.45, 2.75) is 31.8 Å². The summed E-state index contributed by atoms with van der Waals surface area (Å²) < 4.78 is 14.1. The molecule has 108 valence electrons. The Bertz CT molecular complexity index is 645. The number of aromatic amines is 1. The number of halogens is 1. The van der Waals surface area contributed by atoms with Crippen LogP contribution in [0, 0.1) is 17.1 Å². The van der Waals surface area contributed by atoms with E-state index >= 15 is 0 Å². The molecular weight excluding hydrogens is 267 g/mol. The highest BCUT2D eigenvalue weighted by molar-refractivity contribution is 5.33. The maximum Gasteiger partial charge on any atom is 0.129 e. The van der Waals surface area contributed by atoms with Gasteiger partial charge in [-0.05, 0) is 31.5 Å². The summed E-state index contributed by atoms with van der Waals surface area (Å²) in [6.45, 7) is 1.52. The van der Waals surface area contributed by atoms with Crippen LogP contribution < -0.4 is 0 Å². The van der Waals surface area contributed by atoms with E-state index in [1.54, 1.807) is 12.1 Å². The predicted molar refractivity (Wildman–Crippen MR) is 76.7 cm³/mol. The normalized spacial score (nSPS) is 19.3. The number of nitriles is 1. The topological polar surface area (TPSA) is 55.7 Å². The van der Waals surface area contributed by atoms with Crippen LogP contribution in [0.2, 0.25) is 0 Å². The van der Waals surface area contributed by atoms with Gasteiger partial charge in [0, 0.05) is 29.9 Å². The second-order valence-corrected chi connectivity index (χ2v) is 5.43. The van der Waals surface area contributed by atoms with E-state index in [0.29, 0.717) is 17.7 Å². The molecule has 0 amide bonds. The fourth-order valence-electron chi connectivity index (χ4n) is 2.96. The standard InChI is InChI=1S/C16H17FN4/c17-15-7-12(8-18)4-5-13(15)11-21-6-2-1-3-16(21)14-9-19-20-10-14/h4-5,7,9-10,16H,1-3,6,11H2,(H,19,20).